The molecule has 1 heterocycles. The minimum absolute atomic E-state index is 0.140. The number of alkyl halides is 1. The first kappa shape index (κ1) is 14.8. The second kappa shape index (κ2) is 6.70. The second-order valence-electron chi connectivity index (χ2n) is 3.69. The van der Waals surface area contributed by atoms with E-state index in [9.17, 15) is 4.79 Å². The highest BCUT2D eigenvalue weighted by Gasteiger charge is 2.10. The van der Waals surface area contributed by atoms with Gasteiger partial charge in [0, 0.05) is 5.38 Å². The van der Waals surface area contributed by atoms with E-state index in [0.717, 1.165) is 10.7 Å². The highest BCUT2D eigenvalue weighted by atomic mass is 79.9. The predicted molar refractivity (Wildman–Crippen MR) is 83.2 cm³/mol. The number of carbonyl (C=O) groups excluding carboxylic acids is 1. The largest absolute Gasteiger partial charge is 0.325 e. The molecule has 0 bridgehead atoms. The van der Waals surface area contributed by atoms with E-state index in [1.165, 1.54) is 11.3 Å². The zero-order valence-corrected chi connectivity index (χ0v) is 13.5. The Morgan fingerprint density at radius 2 is 2.26 bits per heavy atom. The summed E-state index contributed by atoms with van der Waals surface area (Å²) in [6.45, 7) is 0. The number of carbonyl (C=O) groups is 1. The fraction of sp³-hybridized carbons (Fsp3) is 0.167. The SMILES string of the molecule is O=C(Cc1nc(CCl)cs1)Nc1cccc(Cl)c1Br. The van der Waals surface area contributed by atoms with Crippen molar-refractivity contribution in [1.29, 1.82) is 0 Å². The Labute approximate surface area is 133 Å². The molecule has 0 spiro atoms. The van der Waals surface area contributed by atoms with Gasteiger partial charge in [-0.3, -0.25) is 4.79 Å². The number of halogens is 3. The lowest BCUT2D eigenvalue weighted by molar-refractivity contribution is -0.115. The number of hydrogen-bond acceptors (Lipinski definition) is 3. The molecule has 0 fully saturated rings. The van der Waals surface area contributed by atoms with E-state index in [2.05, 4.69) is 26.2 Å². The van der Waals surface area contributed by atoms with Gasteiger partial charge in [0.1, 0.15) is 5.01 Å². The molecule has 19 heavy (non-hydrogen) atoms. The normalized spacial score (nSPS) is 10.5. The van der Waals surface area contributed by atoms with Gasteiger partial charge in [-0.25, -0.2) is 4.98 Å². The molecule has 1 aromatic carbocycles. The Morgan fingerprint density at radius 1 is 1.47 bits per heavy atom. The number of benzene rings is 1. The van der Waals surface area contributed by atoms with Crippen molar-refractivity contribution in [2.75, 3.05) is 5.32 Å². The molecule has 100 valence electrons. The smallest absolute Gasteiger partial charge is 0.231 e. The van der Waals surface area contributed by atoms with Gasteiger partial charge in [0.15, 0.2) is 0 Å². The first-order valence-corrected chi connectivity index (χ1v) is 7.91. The lowest BCUT2D eigenvalue weighted by Crippen LogP contribution is -2.14. The van der Waals surface area contributed by atoms with Crippen LogP contribution in [0.15, 0.2) is 28.1 Å². The zero-order chi connectivity index (χ0) is 13.8. The number of thiazole rings is 1. The number of rotatable bonds is 4. The zero-order valence-electron chi connectivity index (χ0n) is 9.62. The maximum atomic E-state index is 11.9. The van der Waals surface area contributed by atoms with Crippen LogP contribution in [0.1, 0.15) is 10.7 Å². The number of aromatic nitrogens is 1. The van der Waals surface area contributed by atoms with Crippen molar-refractivity contribution in [1.82, 2.24) is 4.98 Å². The third kappa shape index (κ3) is 3.92. The number of hydrogen-bond donors (Lipinski definition) is 1. The van der Waals surface area contributed by atoms with Gasteiger partial charge in [0.2, 0.25) is 5.91 Å². The van der Waals surface area contributed by atoms with Crippen molar-refractivity contribution in [2.45, 2.75) is 12.3 Å². The topological polar surface area (TPSA) is 42.0 Å². The number of anilines is 1. The average molecular weight is 380 g/mol. The second-order valence-corrected chi connectivity index (χ2v) is 6.10. The molecule has 0 atom stereocenters. The summed E-state index contributed by atoms with van der Waals surface area (Å²) in [5.41, 5.74) is 1.44. The number of nitrogens with zero attached hydrogens (tertiary/aromatic N) is 1. The molecule has 0 unspecified atom stereocenters. The van der Waals surface area contributed by atoms with Crippen LogP contribution < -0.4 is 5.32 Å². The standard InChI is InChI=1S/C12H9BrCl2N2OS/c13-12-8(15)2-1-3-9(12)17-10(18)4-11-16-7(5-14)6-19-11/h1-3,6H,4-5H2,(H,17,18). The van der Waals surface area contributed by atoms with Gasteiger partial charge < -0.3 is 5.32 Å². The minimum Gasteiger partial charge on any atom is -0.325 e. The van der Waals surface area contributed by atoms with Crippen LogP contribution in [0.5, 0.6) is 0 Å². The van der Waals surface area contributed by atoms with E-state index in [-0.39, 0.29) is 12.3 Å². The van der Waals surface area contributed by atoms with Crippen LogP contribution in [0.3, 0.4) is 0 Å². The van der Waals surface area contributed by atoms with Crippen molar-refractivity contribution in [2.24, 2.45) is 0 Å². The summed E-state index contributed by atoms with van der Waals surface area (Å²) in [6.07, 6.45) is 0.223. The van der Waals surface area contributed by atoms with E-state index in [1.54, 1.807) is 18.2 Å². The van der Waals surface area contributed by atoms with Gasteiger partial charge in [-0.1, -0.05) is 17.7 Å². The Hall–Kier alpha value is -0.620. The molecule has 0 radical (unpaired) electrons. The summed E-state index contributed by atoms with van der Waals surface area (Å²) < 4.78 is 0.672. The summed E-state index contributed by atoms with van der Waals surface area (Å²) in [6, 6.07) is 5.30. The Bertz CT molecular complexity index is 603. The van der Waals surface area contributed by atoms with E-state index in [0.29, 0.717) is 21.1 Å². The number of nitrogens with one attached hydrogen (secondary N) is 1. The molecule has 1 N–H and O–H groups in total. The van der Waals surface area contributed by atoms with Crippen LogP contribution in [-0.2, 0) is 17.1 Å². The van der Waals surface area contributed by atoms with E-state index >= 15 is 0 Å². The fourth-order valence-electron chi connectivity index (χ4n) is 1.42. The monoisotopic (exact) mass is 378 g/mol. The summed E-state index contributed by atoms with van der Waals surface area (Å²) >= 11 is 16.4. The van der Waals surface area contributed by atoms with Crippen LogP contribution in [0.25, 0.3) is 0 Å². The molecule has 0 saturated carbocycles. The molecule has 0 aliphatic heterocycles. The van der Waals surface area contributed by atoms with Gasteiger partial charge in [-0.05, 0) is 28.1 Å². The molecule has 7 heteroatoms. The molecule has 2 rings (SSSR count). The van der Waals surface area contributed by atoms with Crippen molar-refractivity contribution >= 4 is 62.1 Å². The van der Waals surface area contributed by atoms with Crippen LogP contribution in [0, 0.1) is 0 Å². The number of amides is 1. The van der Waals surface area contributed by atoms with Crippen LogP contribution in [0.2, 0.25) is 5.02 Å². The van der Waals surface area contributed by atoms with Gasteiger partial charge in [-0.2, -0.15) is 0 Å². The Kier molecular flexibility index (Phi) is 5.21. The summed E-state index contributed by atoms with van der Waals surface area (Å²) in [5.74, 6) is 0.219. The average Bonchev–Trinajstić information content (AvgIpc) is 2.82. The molecular weight excluding hydrogens is 371 g/mol. The maximum Gasteiger partial charge on any atom is 0.231 e. The van der Waals surface area contributed by atoms with Crippen LogP contribution >= 0.6 is 50.5 Å². The van der Waals surface area contributed by atoms with Gasteiger partial charge in [0.25, 0.3) is 0 Å². The highest BCUT2D eigenvalue weighted by Crippen LogP contribution is 2.30. The molecule has 0 aliphatic carbocycles. The van der Waals surface area contributed by atoms with Gasteiger partial charge in [-0.15, -0.1) is 22.9 Å². The minimum atomic E-state index is -0.140. The predicted octanol–water partition coefficient (Wildman–Crippen LogP) is 4.48. The maximum absolute atomic E-state index is 11.9. The third-order valence-corrected chi connectivity index (χ3v) is 4.84. The molecule has 0 aliphatic rings. The highest BCUT2D eigenvalue weighted by molar-refractivity contribution is 9.10. The van der Waals surface area contributed by atoms with Crippen LogP contribution in [-0.4, -0.2) is 10.9 Å². The molecule has 3 nitrogen and oxygen atoms in total. The molecule has 0 saturated heterocycles. The summed E-state index contributed by atoms with van der Waals surface area (Å²) in [5, 5.41) is 5.94. The van der Waals surface area contributed by atoms with Gasteiger partial charge in [0.05, 0.1) is 33.2 Å². The van der Waals surface area contributed by atoms with Crippen LogP contribution in [0.4, 0.5) is 5.69 Å². The lowest BCUT2D eigenvalue weighted by atomic mass is 10.3. The first-order chi connectivity index (χ1) is 9.10. The van der Waals surface area contributed by atoms with Crippen molar-refractivity contribution in [3.05, 3.63) is 43.8 Å². The lowest BCUT2D eigenvalue weighted by Gasteiger charge is -2.07. The van der Waals surface area contributed by atoms with Crippen molar-refractivity contribution < 1.29 is 4.79 Å². The third-order valence-electron chi connectivity index (χ3n) is 2.27. The van der Waals surface area contributed by atoms with Crippen molar-refractivity contribution in [3.8, 4) is 0 Å². The van der Waals surface area contributed by atoms with E-state index in [4.69, 9.17) is 23.2 Å². The van der Waals surface area contributed by atoms with E-state index < -0.39 is 0 Å². The molecule has 1 amide bonds. The van der Waals surface area contributed by atoms with Crippen molar-refractivity contribution in [3.63, 3.8) is 0 Å². The Morgan fingerprint density at radius 3 is 2.95 bits per heavy atom. The quantitative estimate of drug-likeness (QED) is 0.795. The summed E-state index contributed by atoms with van der Waals surface area (Å²) in [7, 11) is 0. The van der Waals surface area contributed by atoms with Gasteiger partial charge >= 0.3 is 0 Å². The first-order valence-electron chi connectivity index (χ1n) is 5.33. The molecule has 1 aromatic heterocycles. The fourth-order valence-corrected chi connectivity index (χ4v) is 2.98. The molecular formula is C12H9BrCl2N2OS. The van der Waals surface area contributed by atoms with E-state index in [1.807, 2.05) is 5.38 Å². The summed E-state index contributed by atoms with van der Waals surface area (Å²) in [4.78, 5) is 16.1. The Balaban J connectivity index is 2.03. The molecule has 2 aromatic rings.